The summed E-state index contributed by atoms with van der Waals surface area (Å²) in [5.41, 5.74) is 0. The first kappa shape index (κ1) is 25.8. The number of carbonyl (C=O) groups excluding carboxylic acids is 2. The third kappa shape index (κ3) is 7.57. The van der Waals surface area contributed by atoms with Crippen molar-refractivity contribution in [2.75, 3.05) is 65.4 Å². The number of carbonyl (C=O) groups is 2. The summed E-state index contributed by atoms with van der Waals surface area (Å²) in [5.74, 6) is 0.619. The van der Waals surface area contributed by atoms with Crippen molar-refractivity contribution in [3.05, 3.63) is 26.8 Å². The van der Waals surface area contributed by atoms with Crippen LogP contribution in [0.4, 0.5) is 0 Å². The zero-order valence-electron chi connectivity index (χ0n) is 17.0. The average molecular weight is 543 g/mol. The zero-order chi connectivity index (χ0) is 22.1. The van der Waals surface area contributed by atoms with Crippen LogP contribution in [0, 0.1) is 0 Å². The van der Waals surface area contributed by atoms with Gasteiger partial charge < -0.3 is 23.7 Å². The standard InChI is InChI=1S/C18H22O7S6/c1-21-13(19)11-12(14(20)22-2)29-17(28-11)18-30-15-16(31-18)27-10-8-25-6-4-23-3-5-24-7-9-26-15/h3-10H2,1-2H3. The molecular formula is C18H22O7S6. The summed E-state index contributed by atoms with van der Waals surface area (Å²) in [6.45, 7) is 3.59. The Morgan fingerprint density at radius 1 is 0.613 bits per heavy atom. The monoisotopic (exact) mass is 542 g/mol. The summed E-state index contributed by atoms with van der Waals surface area (Å²) in [7, 11) is 2.61. The lowest BCUT2D eigenvalue weighted by molar-refractivity contribution is -0.138. The van der Waals surface area contributed by atoms with E-state index in [0.29, 0.717) is 39.6 Å². The first-order valence-electron chi connectivity index (χ1n) is 9.23. The van der Waals surface area contributed by atoms with Crippen LogP contribution >= 0.6 is 70.6 Å². The summed E-state index contributed by atoms with van der Waals surface area (Å²) in [4.78, 5) is 24.9. The topological polar surface area (TPSA) is 80.3 Å². The largest absolute Gasteiger partial charge is 0.465 e. The Balaban J connectivity index is 1.70. The number of esters is 2. The van der Waals surface area contributed by atoms with Crippen molar-refractivity contribution >= 4 is 82.5 Å². The Morgan fingerprint density at radius 2 is 1.00 bits per heavy atom. The van der Waals surface area contributed by atoms with Gasteiger partial charge in [0, 0.05) is 11.5 Å². The predicted octanol–water partition coefficient (Wildman–Crippen LogP) is 4.29. The van der Waals surface area contributed by atoms with Gasteiger partial charge in [-0.1, -0.05) is 47.0 Å². The molecule has 7 nitrogen and oxygen atoms in total. The van der Waals surface area contributed by atoms with Crippen LogP contribution in [0.2, 0.25) is 0 Å². The summed E-state index contributed by atoms with van der Waals surface area (Å²) < 4.78 is 30.8. The minimum absolute atomic E-state index is 0.275. The molecule has 0 atom stereocenters. The molecule has 0 bridgehead atoms. The van der Waals surface area contributed by atoms with E-state index in [4.69, 9.17) is 23.7 Å². The molecule has 172 valence electrons. The van der Waals surface area contributed by atoms with Crippen LogP contribution in [-0.2, 0) is 33.3 Å². The lowest BCUT2D eigenvalue weighted by Gasteiger charge is -2.06. The number of methoxy groups -OCH3 is 2. The Labute approximate surface area is 206 Å². The first-order valence-corrected chi connectivity index (χ1v) is 14.5. The molecule has 0 aromatic carbocycles. The molecular weight excluding hydrogens is 521 g/mol. The summed E-state index contributed by atoms with van der Waals surface area (Å²) in [6, 6.07) is 0. The van der Waals surface area contributed by atoms with Crippen molar-refractivity contribution in [3.63, 3.8) is 0 Å². The molecule has 0 saturated carbocycles. The third-order valence-corrected chi connectivity index (χ3v) is 12.2. The van der Waals surface area contributed by atoms with Crippen LogP contribution in [0.1, 0.15) is 0 Å². The second kappa shape index (κ2) is 13.8. The fourth-order valence-electron chi connectivity index (χ4n) is 2.30. The minimum Gasteiger partial charge on any atom is -0.465 e. The summed E-state index contributed by atoms with van der Waals surface area (Å²) in [5, 5.41) is 0. The van der Waals surface area contributed by atoms with Crippen LogP contribution in [0.5, 0.6) is 0 Å². The quantitative estimate of drug-likeness (QED) is 0.466. The van der Waals surface area contributed by atoms with E-state index in [1.165, 1.54) is 46.2 Å². The molecule has 0 radical (unpaired) electrons. The van der Waals surface area contributed by atoms with Crippen LogP contribution < -0.4 is 0 Å². The molecule has 0 N–H and O–H groups in total. The smallest absolute Gasteiger partial charge is 0.346 e. The molecule has 0 fully saturated rings. The molecule has 3 aliphatic heterocycles. The van der Waals surface area contributed by atoms with Crippen LogP contribution in [0.3, 0.4) is 0 Å². The highest BCUT2D eigenvalue weighted by Crippen LogP contribution is 2.63. The van der Waals surface area contributed by atoms with E-state index in [2.05, 4.69) is 0 Å². The van der Waals surface area contributed by atoms with Crippen molar-refractivity contribution in [2.24, 2.45) is 0 Å². The van der Waals surface area contributed by atoms with E-state index < -0.39 is 11.9 Å². The van der Waals surface area contributed by atoms with Gasteiger partial charge in [-0.05, 0) is 0 Å². The van der Waals surface area contributed by atoms with Gasteiger partial charge in [-0.2, -0.15) is 0 Å². The van der Waals surface area contributed by atoms with Gasteiger partial charge in [-0.15, -0.1) is 23.5 Å². The van der Waals surface area contributed by atoms with E-state index >= 15 is 0 Å². The first-order chi connectivity index (χ1) is 15.1. The Bertz CT molecular complexity index is 721. The maximum atomic E-state index is 12.2. The molecule has 0 amide bonds. The highest BCUT2D eigenvalue weighted by atomic mass is 32.3. The van der Waals surface area contributed by atoms with Crippen molar-refractivity contribution in [1.29, 1.82) is 0 Å². The number of rotatable bonds is 2. The summed E-state index contributed by atoms with van der Waals surface area (Å²) in [6.07, 6.45) is 0. The van der Waals surface area contributed by atoms with E-state index in [1.807, 2.05) is 0 Å². The Hall–Kier alpha value is 0.140. The minimum atomic E-state index is -0.529. The normalized spacial score (nSPS) is 22.1. The number of thioether (sulfide) groups is 6. The highest BCUT2D eigenvalue weighted by Gasteiger charge is 2.36. The van der Waals surface area contributed by atoms with Gasteiger partial charge in [0.05, 0.1) is 70.8 Å². The second-order valence-corrected chi connectivity index (χ2v) is 13.1. The molecule has 0 spiro atoms. The highest BCUT2D eigenvalue weighted by molar-refractivity contribution is 8.42. The van der Waals surface area contributed by atoms with Gasteiger partial charge in [0.1, 0.15) is 9.81 Å². The molecule has 0 unspecified atom stereocenters. The molecule has 31 heavy (non-hydrogen) atoms. The van der Waals surface area contributed by atoms with E-state index in [1.54, 1.807) is 47.0 Å². The Kier molecular flexibility index (Phi) is 11.4. The van der Waals surface area contributed by atoms with Gasteiger partial charge in [0.2, 0.25) is 0 Å². The number of hydrogen-bond donors (Lipinski definition) is 0. The molecule has 0 saturated heterocycles. The van der Waals surface area contributed by atoms with E-state index in [-0.39, 0.29) is 9.81 Å². The van der Waals surface area contributed by atoms with Crippen LogP contribution in [-0.4, -0.2) is 77.3 Å². The predicted molar refractivity (Wildman–Crippen MR) is 133 cm³/mol. The molecule has 13 heteroatoms. The Morgan fingerprint density at radius 3 is 1.42 bits per heavy atom. The third-order valence-electron chi connectivity index (χ3n) is 3.71. The molecule has 3 aliphatic rings. The van der Waals surface area contributed by atoms with Crippen LogP contribution in [0.15, 0.2) is 26.8 Å². The van der Waals surface area contributed by atoms with Crippen LogP contribution in [0.25, 0.3) is 0 Å². The molecule has 0 aromatic rings. The van der Waals surface area contributed by atoms with Gasteiger partial charge in [-0.3, -0.25) is 0 Å². The maximum Gasteiger partial charge on any atom is 0.346 e. The molecule has 3 rings (SSSR count). The average Bonchev–Trinajstić information content (AvgIpc) is 3.40. The zero-order valence-corrected chi connectivity index (χ0v) is 21.9. The van der Waals surface area contributed by atoms with Crippen molar-refractivity contribution in [2.45, 2.75) is 0 Å². The fraction of sp³-hybridized carbons (Fsp3) is 0.556. The number of hydrogen-bond acceptors (Lipinski definition) is 13. The molecule has 0 aromatic heterocycles. The molecule has 0 aliphatic carbocycles. The van der Waals surface area contributed by atoms with E-state index in [9.17, 15) is 9.59 Å². The maximum absolute atomic E-state index is 12.2. The van der Waals surface area contributed by atoms with Crippen molar-refractivity contribution in [3.8, 4) is 0 Å². The fourth-order valence-corrected chi connectivity index (χ4v) is 10.8. The number of ether oxygens (including phenoxy) is 5. The van der Waals surface area contributed by atoms with Gasteiger partial charge >= 0.3 is 11.9 Å². The van der Waals surface area contributed by atoms with Gasteiger partial charge in [0.25, 0.3) is 0 Å². The van der Waals surface area contributed by atoms with Gasteiger partial charge in [-0.25, -0.2) is 9.59 Å². The lowest BCUT2D eigenvalue weighted by Crippen LogP contribution is -2.11. The van der Waals surface area contributed by atoms with Crippen molar-refractivity contribution < 1.29 is 33.3 Å². The molecule has 3 heterocycles. The van der Waals surface area contributed by atoms with Crippen molar-refractivity contribution in [1.82, 2.24) is 0 Å². The summed E-state index contributed by atoms with van der Waals surface area (Å²) >= 11 is 9.38. The van der Waals surface area contributed by atoms with E-state index in [0.717, 1.165) is 20.0 Å². The second-order valence-electron chi connectivity index (χ2n) is 5.73. The lowest BCUT2D eigenvalue weighted by atomic mass is 10.5. The van der Waals surface area contributed by atoms with Gasteiger partial charge in [0.15, 0.2) is 0 Å². The SMILES string of the molecule is COC(=O)C1=C(C(=O)OC)SC(=C2SC3=C(SCCOCCOCCOCCS3)S2)S1.